The number of nitrogens with zero attached hydrogens (tertiary/aromatic N) is 1. The van der Waals surface area contributed by atoms with E-state index in [2.05, 4.69) is 33.1 Å². The molecule has 120 valence electrons. The molecular formula is C18H19BrN2O2. The maximum atomic E-state index is 5.83. The zero-order valence-electron chi connectivity index (χ0n) is 13.2. The Kier molecular flexibility index (Phi) is 4.31. The molecule has 1 aliphatic heterocycles. The predicted molar refractivity (Wildman–Crippen MR) is 94.8 cm³/mol. The molecule has 2 aromatic rings. The summed E-state index contributed by atoms with van der Waals surface area (Å²) in [7, 11) is 0. The molecule has 1 atom stereocenters. The fourth-order valence-electron chi connectivity index (χ4n) is 2.86. The average Bonchev–Trinajstić information content (AvgIpc) is 2.93. The van der Waals surface area contributed by atoms with E-state index in [0.717, 1.165) is 26.9 Å². The summed E-state index contributed by atoms with van der Waals surface area (Å²) >= 11 is 3.53. The van der Waals surface area contributed by atoms with E-state index in [1.807, 2.05) is 44.2 Å². The molecule has 2 aromatic carbocycles. The van der Waals surface area contributed by atoms with E-state index in [1.165, 1.54) is 0 Å². The molecule has 0 aliphatic carbocycles. The van der Waals surface area contributed by atoms with Crippen molar-refractivity contribution in [2.45, 2.75) is 19.4 Å². The summed E-state index contributed by atoms with van der Waals surface area (Å²) in [4.78, 5) is 4.63. The third kappa shape index (κ3) is 2.93. The van der Waals surface area contributed by atoms with Crippen molar-refractivity contribution in [2.75, 3.05) is 13.2 Å². The van der Waals surface area contributed by atoms with Gasteiger partial charge in [-0.1, -0.05) is 34.1 Å². The first-order chi connectivity index (χ1) is 11.0. The van der Waals surface area contributed by atoms with Crippen LogP contribution in [0.5, 0.6) is 5.75 Å². The molecule has 0 spiro atoms. The van der Waals surface area contributed by atoms with E-state index in [0.29, 0.717) is 13.2 Å². The van der Waals surface area contributed by atoms with Crippen LogP contribution >= 0.6 is 15.9 Å². The second-order valence-electron chi connectivity index (χ2n) is 5.52. The number of ether oxygens (including phenoxy) is 2. The number of halogens is 1. The van der Waals surface area contributed by atoms with Crippen LogP contribution in [0, 0.1) is 6.92 Å². The standard InChI is InChI=1S/C18H19BrN2O2/c1-3-22-16-8-7-14(9-12(16)2)18(11-23-17(20)21-18)13-5-4-6-15(19)10-13/h4-10H,3,11H2,1-2H3,(H2,20,21)/t18-/m1/s1. The Hall–Kier alpha value is -2.01. The molecule has 0 saturated carbocycles. The molecule has 0 saturated heterocycles. The van der Waals surface area contributed by atoms with Gasteiger partial charge < -0.3 is 15.2 Å². The Balaban J connectivity index is 2.13. The average molecular weight is 375 g/mol. The number of rotatable bonds is 4. The van der Waals surface area contributed by atoms with Crippen molar-refractivity contribution < 1.29 is 9.47 Å². The molecule has 5 heteroatoms. The molecule has 23 heavy (non-hydrogen) atoms. The van der Waals surface area contributed by atoms with Crippen LogP contribution < -0.4 is 10.5 Å². The molecule has 0 bridgehead atoms. The molecule has 2 N–H and O–H groups in total. The number of hydrogen-bond donors (Lipinski definition) is 1. The zero-order valence-corrected chi connectivity index (χ0v) is 14.8. The molecule has 0 aromatic heterocycles. The topological polar surface area (TPSA) is 56.8 Å². The molecule has 0 unspecified atom stereocenters. The highest BCUT2D eigenvalue weighted by Gasteiger charge is 2.40. The summed E-state index contributed by atoms with van der Waals surface area (Å²) in [5, 5.41) is 0. The van der Waals surface area contributed by atoms with Crippen LogP contribution in [0.3, 0.4) is 0 Å². The van der Waals surface area contributed by atoms with E-state index in [9.17, 15) is 0 Å². The lowest BCUT2D eigenvalue weighted by molar-refractivity contribution is 0.278. The smallest absolute Gasteiger partial charge is 0.283 e. The highest BCUT2D eigenvalue weighted by atomic mass is 79.9. The van der Waals surface area contributed by atoms with Crippen molar-refractivity contribution in [1.82, 2.24) is 0 Å². The number of nitrogens with two attached hydrogens (primary N) is 1. The van der Waals surface area contributed by atoms with Crippen LogP contribution in [0.1, 0.15) is 23.6 Å². The Morgan fingerprint density at radius 2 is 2.04 bits per heavy atom. The summed E-state index contributed by atoms with van der Waals surface area (Å²) in [6, 6.07) is 14.4. The van der Waals surface area contributed by atoms with Gasteiger partial charge in [-0.25, -0.2) is 4.99 Å². The van der Waals surface area contributed by atoms with Crippen LogP contribution in [0.15, 0.2) is 51.9 Å². The van der Waals surface area contributed by atoms with Gasteiger partial charge in [-0.15, -0.1) is 0 Å². The van der Waals surface area contributed by atoms with Crippen molar-refractivity contribution in [3.8, 4) is 5.75 Å². The normalized spacial score (nSPS) is 20.0. The Morgan fingerprint density at radius 1 is 1.26 bits per heavy atom. The van der Waals surface area contributed by atoms with Gasteiger partial charge in [-0.2, -0.15) is 0 Å². The number of aryl methyl sites for hydroxylation is 1. The quantitative estimate of drug-likeness (QED) is 0.886. The molecule has 1 aliphatic rings. The maximum absolute atomic E-state index is 5.83. The van der Waals surface area contributed by atoms with Crippen LogP contribution in [0.25, 0.3) is 0 Å². The molecule has 0 amide bonds. The van der Waals surface area contributed by atoms with Gasteiger partial charge in [0.1, 0.15) is 12.4 Å². The SMILES string of the molecule is CCOc1ccc([C@]2(c3cccc(Br)c3)COC(N)=N2)cc1C. The number of benzene rings is 2. The first kappa shape index (κ1) is 15.9. The third-order valence-corrected chi connectivity index (χ3v) is 4.48. The minimum atomic E-state index is -0.622. The first-order valence-corrected chi connectivity index (χ1v) is 8.32. The lowest BCUT2D eigenvalue weighted by Gasteiger charge is -2.26. The fourth-order valence-corrected chi connectivity index (χ4v) is 3.26. The Morgan fingerprint density at radius 3 is 2.65 bits per heavy atom. The number of hydrogen-bond acceptors (Lipinski definition) is 4. The van der Waals surface area contributed by atoms with Gasteiger partial charge in [0, 0.05) is 4.47 Å². The van der Waals surface area contributed by atoms with E-state index >= 15 is 0 Å². The van der Waals surface area contributed by atoms with Gasteiger partial charge >= 0.3 is 0 Å². The predicted octanol–water partition coefficient (Wildman–Crippen LogP) is 3.74. The Bertz CT molecular complexity index is 760. The summed E-state index contributed by atoms with van der Waals surface area (Å²) in [6.07, 6.45) is 0. The monoisotopic (exact) mass is 374 g/mol. The van der Waals surface area contributed by atoms with Crippen LogP contribution in [0.4, 0.5) is 0 Å². The number of amidine groups is 1. The lowest BCUT2D eigenvalue weighted by atomic mass is 9.83. The largest absolute Gasteiger partial charge is 0.494 e. The van der Waals surface area contributed by atoms with E-state index in [4.69, 9.17) is 15.2 Å². The second-order valence-corrected chi connectivity index (χ2v) is 6.44. The van der Waals surface area contributed by atoms with Crippen LogP contribution in [0.2, 0.25) is 0 Å². The van der Waals surface area contributed by atoms with Gasteiger partial charge in [0.15, 0.2) is 5.54 Å². The molecule has 0 fully saturated rings. The summed E-state index contributed by atoms with van der Waals surface area (Å²) < 4.78 is 12.1. The third-order valence-electron chi connectivity index (χ3n) is 3.98. The maximum Gasteiger partial charge on any atom is 0.283 e. The van der Waals surface area contributed by atoms with E-state index < -0.39 is 5.54 Å². The molecule has 0 radical (unpaired) electrons. The second kappa shape index (κ2) is 6.24. The molecular weight excluding hydrogens is 356 g/mol. The summed E-state index contributed by atoms with van der Waals surface area (Å²) in [5.41, 5.74) is 8.35. The number of aliphatic imine (C=N–C) groups is 1. The van der Waals surface area contributed by atoms with E-state index in [-0.39, 0.29) is 6.02 Å². The summed E-state index contributed by atoms with van der Waals surface area (Å²) in [6.45, 7) is 5.05. The van der Waals surface area contributed by atoms with Crippen molar-refractivity contribution in [3.63, 3.8) is 0 Å². The van der Waals surface area contributed by atoms with Gasteiger partial charge in [0.2, 0.25) is 0 Å². The van der Waals surface area contributed by atoms with Gasteiger partial charge in [0.25, 0.3) is 6.02 Å². The van der Waals surface area contributed by atoms with Gasteiger partial charge in [0.05, 0.1) is 6.61 Å². The van der Waals surface area contributed by atoms with Gasteiger partial charge in [-0.3, -0.25) is 0 Å². The summed E-state index contributed by atoms with van der Waals surface area (Å²) in [5.74, 6) is 0.886. The van der Waals surface area contributed by atoms with Crippen molar-refractivity contribution in [1.29, 1.82) is 0 Å². The molecule has 3 rings (SSSR count). The minimum absolute atomic E-state index is 0.219. The highest BCUT2D eigenvalue weighted by molar-refractivity contribution is 9.10. The minimum Gasteiger partial charge on any atom is -0.494 e. The van der Waals surface area contributed by atoms with Crippen molar-refractivity contribution in [3.05, 3.63) is 63.6 Å². The molecule has 1 heterocycles. The zero-order chi connectivity index (χ0) is 16.4. The molecule has 4 nitrogen and oxygen atoms in total. The van der Waals surface area contributed by atoms with Gasteiger partial charge in [-0.05, 0) is 54.8 Å². The van der Waals surface area contributed by atoms with Crippen LogP contribution in [-0.4, -0.2) is 19.2 Å². The first-order valence-electron chi connectivity index (χ1n) is 7.53. The van der Waals surface area contributed by atoms with Crippen LogP contribution in [-0.2, 0) is 10.3 Å². The van der Waals surface area contributed by atoms with E-state index in [1.54, 1.807) is 0 Å². The van der Waals surface area contributed by atoms with Crippen molar-refractivity contribution in [2.24, 2.45) is 10.7 Å². The Labute approximate surface area is 144 Å². The van der Waals surface area contributed by atoms with Crippen molar-refractivity contribution >= 4 is 22.0 Å². The highest BCUT2D eigenvalue weighted by Crippen LogP contribution is 2.39. The lowest BCUT2D eigenvalue weighted by Crippen LogP contribution is -2.27. The fraction of sp³-hybridized carbons (Fsp3) is 0.278.